The zero-order chi connectivity index (χ0) is 40.4. The monoisotopic (exact) mass is 524 g/mol. The summed E-state index contributed by atoms with van der Waals surface area (Å²) in [5, 5.41) is 3.91. The third-order valence-corrected chi connectivity index (χ3v) is 6.84. The van der Waals surface area contributed by atoms with Gasteiger partial charge in [-0.2, -0.15) is 0 Å². The summed E-state index contributed by atoms with van der Waals surface area (Å²) in [7, 11) is 0. The zero-order valence-corrected chi connectivity index (χ0v) is 20.5. The molecule has 0 aliphatic rings. The van der Waals surface area contributed by atoms with Gasteiger partial charge in [0.15, 0.2) is 0 Å². The van der Waals surface area contributed by atoms with Crippen LogP contribution in [-0.4, -0.2) is 9.97 Å². The van der Waals surface area contributed by atoms with Crippen molar-refractivity contribution in [2.24, 2.45) is 0 Å². The van der Waals surface area contributed by atoms with Crippen molar-refractivity contribution in [3.8, 4) is 44.8 Å². The van der Waals surface area contributed by atoms with Crippen molar-refractivity contribution < 1.29 is 21.9 Å². The van der Waals surface area contributed by atoms with Gasteiger partial charge in [-0.15, -0.1) is 0 Å². The van der Waals surface area contributed by atoms with E-state index in [-0.39, 0.29) is 22.3 Å². The third kappa shape index (κ3) is 3.65. The molecule has 0 amide bonds. The lowest BCUT2D eigenvalue weighted by molar-refractivity contribution is 1.33. The fraction of sp³-hybridized carbons (Fsp3) is 0. The van der Waals surface area contributed by atoms with Gasteiger partial charge in [0.05, 0.1) is 33.3 Å². The van der Waals surface area contributed by atoms with E-state index >= 15 is 0 Å². The molecule has 0 aliphatic heterocycles. The maximum atomic E-state index is 9.22. The van der Waals surface area contributed by atoms with Crippen LogP contribution in [0.25, 0.3) is 77.1 Å². The third-order valence-electron chi connectivity index (χ3n) is 6.84. The lowest BCUT2D eigenvalue weighted by Crippen LogP contribution is -1.91. The molecule has 8 aromatic rings. The van der Waals surface area contributed by atoms with Gasteiger partial charge in [0.2, 0.25) is 0 Å². The first-order chi connectivity index (χ1) is 26.5. The molecule has 2 aromatic heterocycles. The number of benzene rings is 6. The van der Waals surface area contributed by atoms with Gasteiger partial charge in [0.25, 0.3) is 0 Å². The first-order valence-electron chi connectivity index (χ1n) is 20.3. The SMILES string of the molecule is [2H]c1nc(-c2c([2H])c([2H])c(-c3cc(-c4c([2H])c([2H])c(-c5nc([2H])c([2H])c([2H])c5[2H])c([2H])c4[2H])c4ccc5cccc6ccc3c4c65)c([2H])c2[2H])c([2H])c([2H])c1[2H]. The highest BCUT2D eigenvalue weighted by atomic mass is 14.7. The summed E-state index contributed by atoms with van der Waals surface area (Å²) in [6.07, 6.45) is -1.35. The van der Waals surface area contributed by atoms with E-state index in [1.165, 1.54) is 6.07 Å². The number of aromatic nitrogens is 2. The van der Waals surface area contributed by atoms with E-state index < -0.39 is 119 Å². The minimum atomic E-state index is -0.673. The number of rotatable bonds is 4. The Kier molecular flexibility index (Phi) is 2.70. The normalized spacial score (nSPS) is 17.1. The molecule has 0 spiro atoms. The maximum Gasteiger partial charge on any atom is 0.0840 e. The van der Waals surface area contributed by atoms with Gasteiger partial charge < -0.3 is 0 Å². The molecule has 0 unspecified atom stereocenters. The molecular weight excluding hydrogens is 484 g/mol. The van der Waals surface area contributed by atoms with Gasteiger partial charge in [-0.3, -0.25) is 9.97 Å². The van der Waals surface area contributed by atoms with Gasteiger partial charge in [-0.05, 0) is 84.8 Å². The second-order valence-electron chi connectivity index (χ2n) is 9.05. The predicted octanol–water partition coefficient (Wildman–Crippen LogP) is 10.0. The Morgan fingerprint density at radius 3 is 1.43 bits per heavy atom. The fourth-order valence-electron chi connectivity index (χ4n) is 5.07. The average Bonchev–Trinajstić information content (AvgIpc) is 3.18. The maximum absolute atomic E-state index is 9.22. The van der Waals surface area contributed by atoms with Gasteiger partial charge in [0, 0.05) is 23.5 Å². The largest absolute Gasteiger partial charge is 0.256 e. The highest BCUT2D eigenvalue weighted by Gasteiger charge is 2.17. The lowest BCUT2D eigenvalue weighted by atomic mass is 9.85. The second kappa shape index (κ2) is 9.14. The highest BCUT2D eigenvalue weighted by molar-refractivity contribution is 6.28. The number of pyridine rings is 2. The Morgan fingerprint density at radius 2 is 0.925 bits per heavy atom. The second-order valence-corrected chi connectivity index (χ2v) is 9.05. The summed E-state index contributed by atoms with van der Waals surface area (Å²) in [6.45, 7) is 0. The summed E-state index contributed by atoms with van der Waals surface area (Å²) >= 11 is 0. The summed E-state index contributed by atoms with van der Waals surface area (Å²) in [5.41, 5.74) is -1.88. The van der Waals surface area contributed by atoms with Crippen LogP contribution < -0.4 is 0 Å². The molecular formula is C38H24N2. The molecule has 0 N–H and O–H groups in total. The molecule has 0 saturated heterocycles. The summed E-state index contributed by atoms with van der Waals surface area (Å²) in [6, 6.07) is 5.69. The van der Waals surface area contributed by atoms with Crippen LogP contribution in [0.4, 0.5) is 0 Å². The van der Waals surface area contributed by atoms with E-state index in [1.54, 1.807) is 12.1 Å². The lowest BCUT2D eigenvalue weighted by Gasteiger charge is -2.18. The van der Waals surface area contributed by atoms with E-state index in [0.29, 0.717) is 16.2 Å². The topological polar surface area (TPSA) is 25.8 Å². The van der Waals surface area contributed by atoms with E-state index in [1.807, 2.05) is 30.3 Å². The summed E-state index contributed by atoms with van der Waals surface area (Å²) in [5.74, 6) is 0. The van der Waals surface area contributed by atoms with Crippen LogP contribution in [0.3, 0.4) is 0 Å². The minimum absolute atomic E-state index is 0.150. The molecule has 0 bridgehead atoms. The van der Waals surface area contributed by atoms with Gasteiger partial charge in [0.1, 0.15) is 0 Å². The smallest absolute Gasteiger partial charge is 0.0840 e. The molecule has 8 rings (SSSR count). The fourth-order valence-corrected chi connectivity index (χ4v) is 5.07. The Bertz CT molecular complexity index is 2800. The van der Waals surface area contributed by atoms with E-state index in [0.717, 1.165) is 16.2 Å². The van der Waals surface area contributed by atoms with Crippen molar-refractivity contribution in [3.63, 3.8) is 0 Å². The average molecular weight is 525 g/mol. The van der Waals surface area contributed by atoms with Crippen LogP contribution >= 0.6 is 0 Å². The van der Waals surface area contributed by atoms with Gasteiger partial charge in [-0.1, -0.05) is 103 Å². The van der Waals surface area contributed by atoms with Crippen molar-refractivity contribution in [2.45, 2.75) is 0 Å². The van der Waals surface area contributed by atoms with Crippen molar-refractivity contribution >= 4 is 32.3 Å². The van der Waals surface area contributed by atoms with Crippen LogP contribution in [0.1, 0.15) is 21.9 Å². The van der Waals surface area contributed by atoms with E-state index in [9.17, 15) is 5.48 Å². The standard InChI is InChI=1S/C38H24N2/c1-3-22-39-35(8-1)27-14-10-25(11-15-27)33-24-34(26-12-16-28(17-13-26)36-9-2-4-23-40-36)32-21-19-30-7-5-6-29-18-20-31(33)38(32)37(29)30/h1-24H/i1D,2D,3D,4D,8D,9D,10D,11D,12D,13D,14D,15D,16D,17D,22D,23D. The number of nitrogens with zero attached hydrogens (tertiary/aromatic N) is 2. The van der Waals surface area contributed by atoms with E-state index in [2.05, 4.69) is 9.97 Å². The number of hydrogen-bond donors (Lipinski definition) is 0. The Morgan fingerprint density at radius 1 is 0.450 bits per heavy atom. The van der Waals surface area contributed by atoms with Crippen molar-refractivity contribution in [1.29, 1.82) is 0 Å². The van der Waals surface area contributed by atoms with Gasteiger partial charge in [-0.25, -0.2) is 0 Å². The molecule has 2 nitrogen and oxygen atoms in total. The molecule has 2 heterocycles. The Balaban J connectivity index is 1.50. The first-order valence-corrected chi connectivity index (χ1v) is 12.3. The first kappa shape index (κ1) is 11.8. The summed E-state index contributed by atoms with van der Waals surface area (Å²) < 4.78 is 138. The molecule has 6 aromatic carbocycles. The minimum Gasteiger partial charge on any atom is -0.256 e. The highest BCUT2D eigenvalue weighted by Crippen LogP contribution is 2.44. The molecule has 186 valence electrons. The molecule has 40 heavy (non-hydrogen) atoms. The van der Waals surface area contributed by atoms with Gasteiger partial charge >= 0.3 is 0 Å². The van der Waals surface area contributed by atoms with E-state index in [4.69, 9.17) is 16.4 Å². The van der Waals surface area contributed by atoms with Crippen LogP contribution in [0, 0.1) is 0 Å². The predicted molar refractivity (Wildman–Crippen MR) is 167 cm³/mol. The molecule has 0 atom stereocenters. The molecule has 0 radical (unpaired) electrons. The Hall–Kier alpha value is -5.34. The van der Waals surface area contributed by atoms with Crippen LogP contribution in [0.15, 0.2) is 145 Å². The quantitative estimate of drug-likeness (QED) is 0.214. The number of hydrogen-bond acceptors (Lipinski definition) is 2. The molecule has 2 heteroatoms. The van der Waals surface area contributed by atoms with Crippen molar-refractivity contribution in [1.82, 2.24) is 9.97 Å². The molecule has 0 saturated carbocycles. The van der Waals surface area contributed by atoms with Crippen molar-refractivity contribution in [2.75, 3.05) is 0 Å². The van der Waals surface area contributed by atoms with Crippen LogP contribution in [0.5, 0.6) is 0 Å². The van der Waals surface area contributed by atoms with Crippen molar-refractivity contribution in [3.05, 3.63) is 145 Å². The Labute approximate surface area is 255 Å². The molecule has 0 fully saturated rings. The van der Waals surface area contributed by atoms with Crippen LogP contribution in [-0.2, 0) is 0 Å². The molecule has 0 aliphatic carbocycles. The summed E-state index contributed by atoms with van der Waals surface area (Å²) in [4.78, 5) is 7.79. The van der Waals surface area contributed by atoms with Crippen LogP contribution in [0.2, 0.25) is 0 Å². The zero-order valence-electron chi connectivity index (χ0n) is 36.5.